The molecule has 0 bridgehead atoms. The first-order valence-corrected chi connectivity index (χ1v) is 8.36. The summed E-state index contributed by atoms with van der Waals surface area (Å²) < 4.78 is 13.4. The largest absolute Gasteiger partial charge is 0.493 e. The molecule has 24 heavy (non-hydrogen) atoms. The molecule has 0 radical (unpaired) electrons. The number of ether oxygens (including phenoxy) is 1. The van der Waals surface area contributed by atoms with Crippen molar-refractivity contribution in [3.63, 3.8) is 0 Å². The SMILES string of the molecule is COc1cccc2cc([C@H](C)N[C@@H](C)c3cnn(C(C)C)c3)oc12. The van der Waals surface area contributed by atoms with E-state index in [1.807, 2.05) is 29.1 Å². The lowest BCUT2D eigenvalue weighted by Gasteiger charge is -2.17. The Hall–Kier alpha value is -2.27. The van der Waals surface area contributed by atoms with Crippen LogP contribution in [-0.2, 0) is 0 Å². The molecule has 0 aliphatic carbocycles. The number of methoxy groups -OCH3 is 1. The summed E-state index contributed by atoms with van der Waals surface area (Å²) in [6.07, 6.45) is 4.02. The third-order valence-electron chi connectivity index (χ3n) is 4.32. The van der Waals surface area contributed by atoms with E-state index in [1.54, 1.807) is 7.11 Å². The number of hydrogen-bond donors (Lipinski definition) is 1. The average Bonchev–Trinajstić information content (AvgIpc) is 3.21. The van der Waals surface area contributed by atoms with Crippen molar-refractivity contribution >= 4 is 11.0 Å². The number of fused-ring (bicyclic) bond motifs is 1. The molecule has 0 aliphatic rings. The van der Waals surface area contributed by atoms with E-state index in [9.17, 15) is 0 Å². The van der Waals surface area contributed by atoms with Crippen molar-refractivity contribution in [3.05, 3.63) is 48.0 Å². The minimum Gasteiger partial charge on any atom is -0.493 e. The molecule has 0 saturated carbocycles. The third kappa shape index (κ3) is 3.17. The lowest BCUT2D eigenvalue weighted by molar-refractivity contribution is 0.391. The predicted octanol–water partition coefficient (Wildman–Crippen LogP) is 4.63. The van der Waals surface area contributed by atoms with Crippen LogP contribution in [0.1, 0.15) is 57.1 Å². The summed E-state index contributed by atoms with van der Waals surface area (Å²) in [5.74, 6) is 1.66. The Morgan fingerprint density at radius 3 is 2.62 bits per heavy atom. The number of nitrogens with one attached hydrogen (secondary N) is 1. The summed E-state index contributed by atoms with van der Waals surface area (Å²) in [5, 5.41) is 9.04. The summed E-state index contributed by atoms with van der Waals surface area (Å²) >= 11 is 0. The number of benzene rings is 1. The standard InChI is InChI=1S/C19H25N3O2/c1-12(2)22-11-16(10-20-22)13(3)21-14(4)18-9-15-7-6-8-17(23-5)19(15)24-18/h6-14,21H,1-5H3/t13-,14-/m0/s1. The zero-order valence-electron chi connectivity index (χ0n) is 14.9. The normalized spacial score (nSPS) is 14.2. The third-order valence-corrected chi connectivity index (χ3v) is 4.32. The average molecular weight is 327 g/mol. The molecule has 2 heterocycles. The Kier molecular flexibility index (Phi) is 4.62. The van der Waals surface area contributed by atoms with Crippen LogP contribution in [0.5, 0.6) is 5.75 Å². The summed E-state index contributed by atoms with van der Waals surface area (Å²) in [7, 11) is 1.66. The summed E-state index contributed by atoms with van der Waals surface area (Å²) in [5.41, 5.74) is 1.97. The van der Waals surface area contributed by atoms with Crippen LogP contribution in [0, 0.1) is 0 Å². The van der Waals surface area contributed by atoms with Crippen LogP contribution < -0.4 is 10.1 Å². The van der Waals surface area contributed by atoms with Gasteiger partial charge in [0.05, 0.1) is 19.3 Å². The molecule has 128 valence electrons. The molecule has 0 fully saturated rings. The quantitative estimate of drug-likeness (QED) is 0.717. The zero-order valence-corrected chi connectivity index (χ0v) is 14.9. The Morgan fingerprint density at radius 2 is 1.96 bits per heavy atom. The van der Waals surface area contributed by atoms with Gasteiger partial charge in [-0.15, -0.1) is 0 Å². The molecular formula is C19H25N3O2. The molecule has 5 nitrogen and oxygen atoms in total. The van der Waals surface area contributed by atoms with E-state index in [4.69, 9.17) is 9.15 Å². The molecule has 1 N–H and O–H groups in total. The molecule has 0 saturated heterocycles. The van der Waals surface area contributed by atoms with Crippen molar-refractivity contribution in [1.29, 1.82) is 0 Å². The van der Waals surface area contributed by atoms with Gasteiger partial charge >= 0.3 is 0 Å². The smallest absolute Gasteiger partial charge is 0.176 e. The zero-order chi connectivity index (χ0) is 17.3. The second-order valence-corrected chi connectivity index (χ2v) is 6.48. The fraction of sp³-hybridized carbons (Fsp3) is 0.421. The minimum atomic E-state index is 0.0829. The van der Waals surface area contributed by atoms with E-state index in [2.05, 4.69) is 50.4 Å². The lowest BCUT2D eigenvalue weighted by atomic mass is 10.1. The molecule has 0 spiro atoms. The molecular weight excluding hydrogens is 302 g/mol. The van der Waals surface area contributed by atoms with Crippen molar-refractivity contribution < 1.29 is 9.15 Å². The predicted molar refractivity (Wildman–Crippen MR) is 95.3 cm³/mol. The lowest BCUT2D eigenvalue weighted by Crippen LogP contribution is -2.21. The molecule has 3 rings (SSSR count). The fourth-order valence-electron chi connectivity index (χ4n) is 2.84. The van der Waals surface area contributed by atoms with Gasteiger partial charge in [-0.05, 0) is 39.8 Å². The van der Waals surface area contributed by atoms with Gasteiger partial charge in [0.15, 0.2) is 11.3 Å². The van der Waals surface area contributed by atoms with E-state index < -0.39 is 0 Å². The van der Waals surface area contributed by atoms with Gasteiger partial charge in [0.1, 0.15) is 5.76 Å². The highest BCUT2D eigenvalue weighted by atomic mass is 16.5. The molecule has 0 unspecified atom stereocenters. The molecule has 5 heteroatoms. The van der Waals surface area contributed by atoms with Crippen LogP contribution in [0.3, 0.4) is 0 Å². The number of furan rings is 1. The van der Waals surface area contributed by atoms with Crippen molar-refractivity contribution in [2.24, 2.45) is 0 Å². The first kappa shape index (κ1) is 16.6. The Bertz CT molecular complexity index is 819. The molecule has 0 aliphatic heterocycles. The number of nitrogens with zero attached hydrogens (tertiary/aromatic N) is 2. The Labute approximate surface area is 142 Å². The van der Waals surface area contributed by atoms with Gasteiger partial charge in [-0.3, -0.25) is 4.68 Å². The molecule has 2 aromatic heterocycles. The van der Waals surface area contributed by atoms with Crippen LogP contribution in [0.25, 0.3) is 11.0 Å². The molecule has 3 aromatic rings. The second kappa shape index (κ2) is 6.69. The van der Waals surface area contributed by atoms with Gasteiger partial charge in [-0.1, -0.05) is 12.1 Å². The number of para-hydroxylation sites is 1. The van der Waals surface area contributed by atoms with Gasteiger partial charge in [-0.2, -0.15) is 5.10 Å². The van der Waals surface area contributed by atoms with E-state index in [-0.39, 0.29) is 12.1 Å². The highest BCUT2D eigenvalue weighted by Crippen LogP contribution is 2.31. The van der Waals surface area contributed by atoms with Crippen LogP contribution in [0.15, 0.2) is 41.1 Å². The van der Waals surface area contributed by atoms with Crippen molar-refractivity contribution in [3.8, 4) is 5.75 Å². The van der Waals surface area contributed by atoms with Crippen LogP contribution >= 0.6 is 0 Å². The summed E-state index contributed by atoms with van der Waals surface area (Å²) in [6.45, 7) is 8.49. The highest BCUT2D eigenvalue weighted by Gasteiger charge is 2.17. The first-order chi connectivity index (χ1) is 11.5. The van der Waals surface area contributed by atoms with Gasteiger partial charge in [0.2, 0.25) is 0 Å². The van der Waals surface area contributed by atoms with Crippen LogP contribution in [-0.4, -0.2) is 16.9 Å². The van der Waals surface area contributed by atoms with E-state index in [1.165, 1.54) is 5.56 Å². The van der Waals surface area contributed by atoms with Crippen molar-refractivity contribution in [1.82, 2.24) is 15.1 Å². The monoisotopic (exact) mass is 327 g/mol. The van der Waals surface area contributed by atoms with Gasteiger partial charge < -0.3 is 14.5 Å². The van der Waals surface area contributed by atoms with E-state index >= 15 is 0 Å². The maximum atomic E-state index is 6.02. The van der Waals surface area contributed by atoms with Gasteiger partial charge in [0, 0.05) is 29.2 Å². The van der Waals surface area contributed by atoms with E-state index in [0.29, 0.717) is 6.04 Å². The minimum absolute atomic E-state index is 0.0829. The molecule has 1 aromatic carbocycles. The molecule has 2 atom stereocenters. The Morgan fingerprint density at radius 1 is 1.17 bits per heavy atom. The highest BCUT2D eigenvalue weighted by molar-refractivity contribution is 5.83. The molecule has 0 amide bonds. The fourth-order valence-corrected chi connectivity index (χ4v) is 2.84. The number of hydrogen-bond acceptors (Lipinski definition) is 4. The maximum absolute atomic E-state index is 6.02. The van der Waals surface area contributed by atoms with Gasteiger partial charge in [0.25, 0.3) is 0 Å². The second-order valence-electron chi connectivity index (χ2n) is 6.48. The topological polar surface area (TPSA) is 52.2 Å². The van der Waals surface area contributed by atoms with Gasteiger partial charge in [-0.25, -0.2) is 0 Å². The Balaban J connectivity index is 1.77. The van der Waals surface area contributed by atoms with Crippen molar-refractivity contribution in [2.75, 3.05) is 7.11 Å². The van der Waals surface area contributed by atoms with Crippen LogP contribution in [0.2, 0.25) is 0 Å². The summed E-state index contributed by atoms with van der Waals surface area (Å²) in [6, 6.07) is 8.62. The van der Waals surface area contributed by atoms with Crippen LogP contribution in [0.4, 0.5) is 0 Å². The maximum Gasteiger partial charge on any atom is 0.176 e. The number of rotatable bonds is 6. The summed E-state index contributed by atoms with van der Waals surface area (Å²) in [4.78, 5) is 0. The first-order valence-electron chi connectivity index (χ1n) is 8.36. The number of aromatic nitrogens is 2. The van der Waals surface area contributed by atoms with Crippen molar-refractivity contribution in [2.45, 2.75) is 45.8 Å². The van der Waals surface area contributed by atoms with E-state index in [0.717, 1.165) is 22.5 Å².